The number of carbonyl (C=O) groups excluding carboxylic acids is 1. The van der Waals surface area contributed by atoms with Crippen molar-refractivity contribution in [3.63, 3.8) is 0 Å². The zero-order chi connectivity index (χ0) is 9.42. The topological polar surface area (TPSA) is 43.1 Å². The lowest BCUT2D eigenvalue weighted by Gasteiger charge is -1.97. The van der Waals surface area contributed by atoms with Gasteiger partial charge in [0.25, 0.3) is 0 Å². The number of hydrogen-bond donors (Lipinski definition) is 1. The number of halogens is 1. The van der Waals surface area contributed by atoms with Crippen molar-refractivity contribution < 1.29 is 9.18 Å². The minimum Gasteiger partial charge on any atom is -0.369 e. The fraction of sp³-hybridized carbons (Fsp3) is 0.300. The second-order valence-electron chi connectivity index (χ2n) is 3.40. The predicted octanol–water partition coefficient (Wildman–Crippen LogP) is 1.41. The van der Waals surface area contributed by atoms with Gasteiger partial charge in [0.1, 0.15) is 5.82 Å². The van der Waals surface area contributed by atoms with E-state index >= 15 is 0 Å². The lowest BCUT2D eigenvalue weighted by Crippen LogP contribution is -2.13. The average Bonchev–Trinajstić information content (AvgIpc) is 2.85. The molecule has 2 rings (SSSR count). The standard InChI is InChI=1S/C10H10FNO/c11-7-3-1-6(2-4-7)8-5-9(8)10(12)13/h1-4,8-9H,5H2,(H2,12,13)/t8-,9-/m1/s1. The van der Waals surface area contributed by atoms with Crippen molar-refractivity contribution in [2.75, 3.05) is 0 Å². The van der Waals surface area contributed by atoms with Crippen LogP contribution in [0, 0.1) is 11.7 Å². The van der Waals surface area contributed by atoms with Crippen LogP contribution in [0.1, 0.15) is 17.9 Å². The Hall–Kier alpha value is -1.38. The Morgan fingerprint density at radius 3 is 2.46 bits per heavy atom. The molecule has 1 aliphatic carbocycles. The van der Waals surface area contributed by atoms with Crippen LogP contribution in [0.2, 0.25) is 0 Å². The van der Waals surface area contributed by atoms with Crippen LogP contribution in [0.4, 0.5) is 4.39 Å². The van der Waals surface area contributed by atoms with Gasteiger partial charge in [0.2, 0.25) is 5.91 Å². The van der Waals surface area contributed by atoms with Gasteiger partial charge in [0.15, 0.2) is 0 Å². The average molecular weight is 179 g/mol. The van der Waals surface area contributed by atoms with Crippen molar-refractivity contribution in [2.24, 2.45) is 11.7 Å². The van der Waals surface area contributed by atoms with E-state index in [2.05, 4.69) is 0 Å². The Balaban J connectivity index is 2.12. The first-order chi connectivity index (χ1) is 6.18. The zero-order valence-electron chi connectivity index (χ0n) is 7.03. The summed E-state index contributed by atoms with van der Waals surface area (Å²) in [7, 11) is 0. The molecule has 2 atom stereocenters. The zero-order valence-corrected chi connectivity index (χ0v) is 7.03. The molecular weight excluding hydrogens is 169 g/mol. The molecule has 2 nitrogen and oxygen atoms in total. The van der Waals surface area contributed by atoms with Crippen molar-refractivity contribution in [3.8, 4) is 0 Å². The highest BCUT2D eigenvalue weighted by Gasteiger charge is 2.42. The molecule has 13 heavy (non-hydrogen) atoms. The summed E-state index contributed by atoms with van der Waals surface area (Å²) in [6, 6.07) is 6.24. The highest BCUT2D eigenvalue weighted by atomic mass is 19.1. The van der Waals surface area contributed by atoms with Crippen molar-refractivity contribution in [2.45, 2.75) is 12.3 Å². The second-order valence-corrected chi connectivity index (χ2v) is 3.40. The Morgan fingerprint density at radius 2 is 2.00 bits per heavy atom. The van der Waals surface area contributed by atoms with E-state index in [-0.39, 0.29) is 23.6 Å². The van der Waals surface area contributed by atoms with E-state index in [1.54, 1.807) is 12.1 Å². The lowest BCUT2D eigenvalue weighted by atomic mass is 10.1. The maximum Gasteiger partial charge on any atom is 0.221 e. The fourth-order valence-corrected chi connectivity index (χ4v) is 1.59. The van der Waals surface area contributed by atoms with Crippen molar-refractivity contribution in [1.82, 2.24) is 0 Å². The van der Waals surface area contributed by atoms with E-state index < -0.39 is 0 Å². The molecule has 1 fully saturated rings. The summed E-state index contributed by atoms with van der Waals surface area (Å²) in [4.78, 5) is 10.8. The summed E-state index contributed by atoms with van der Waals surface area (Å²) in [6.07, 6.45) is 0.807. The number of nitrogens with two attached hydrogens (primary N) is 1. The largest absolute Gasteiger partial charge is 0.369 e. The molecule has 1 aromatic carbocycles. The van der Waals surface area contributed by atoms with Gasteiger partial charge in [-0.15, -0.1) is 0 Å². The Labute approximate surface area is 75.6 Å². The van der Waals surface area contributed by atoms with Crippen LogP contribution in [0.25, 0.3) is 0 Å². The Morgan fingerprint density at radius 1 is 1.38 bits per heavy atom. The van der Waals surface area contributed by atoms with Crippen molar-refractivity contribution >= 4 is 5.91 Å². The van der Waals surface area contributed by atoms with Gasteiger partial charge in [-0.3, -0.25) is 4.79 Å². The Bertz CT molecular complexity index is 333. The van der Waals surface area contributed by atoms with Crippen molar-refractivity contribution in [3.05, 3.63) is 35.6 Å². The normalized spacial score (nSPS) is 25.6. The van der Waals surface area contributed by atoms with Crippen LogP contribution in [0.5, 0.6) is 0 Å². The summed E-state index contributed by atoms with van der Waals surface area (Å²) >= 11 is 0. The monoisotopic (exact) mass is 179 g/mol. The van der Waals surface area contributed by atoms with Crippen LogP contribution in [-0.4, -0.2) is 5.91 Å². The molecule has 0 unspecified atom stereocenters. The molecule has 2 N–H and O–H groups in total. The molecule has 0 aromatic heterocycles. The molecule has 1 amide bonds. The first-order valence-electron chi connectivity index (χ1n) is 4.23. The third-order valence-electron chi connectivity index (χ3n) is 2.45. The minimum absolute atomic E-state index is 0.0366. The summed E-state index contributed by atoms with van der Waals surface area (Å²) in [5, 5.41) is 0. The van der Waals surface area contributed by atoms with Crippen LogP contribution < -0.4 is 5.73 Å². The van der Waals surface area contributed by atoms with Gasteiger partial charge in [0, 0.05) is 5.92 Å². The number of primary amides is 1. The van der Waals surface area contributed by atoms with Gasteiger partial charge in [-0.2, -0.15) is 0 Å². The van der Waals surface area contributed by atoms with E-state index in [0.717, 1.165) is 12.0 Å². The fourth-order valence-electron chi connectivity index (χ4n) is 1.59. The molecule has 0 radical (unpaired) electrons. The number of hydrogen-bond acceptors (Lipinski definition) is 1. The third-order valence-corrected chi connectivity index (χ3v) is 2.45. The molecule has 68 valence electrons. The first kappa shape index (κ1) is 8.23. The molecule has 0 aliphatic heterocycles. The van der Waals surface area contributed by atoms with E-state index in [1.165, 1.54) is 12.1 Å². The van der Waals surface area contributed by atoms with Gasteiger partial charge < -0.3 is 5.73 Å². The first-order valence-corrected chi connectivity index (χ1v) is 4.23. The van der Waals surface area contributed by atoms with Crippen LogP contribution in [0.15, 0.2) is 24.3 Å². The van der Waals surface area contributed by atoms with E-state index in [9.17, 15) is 9.18 Å². The van der Waals surface area contributed by atoms with Crippen LogP contribution in [-0.2, 0) is 4.79 Å². The second kappa shape index (κ2) is 2.83. The highest BCUT2D eigenvalue weighted by Crippen LogP contribution is 2.46. The van der Waals surface area contributed by atoms with E-state index in [1.807, 2.05) is 0 Å². The lowest BCUT2D eigenvalue weighted by molar-refractivity contribution is -0.119. The molecule has 1 aliphatic rings. The molecule has 1 saturated carbocycles. The molecular formula is C10H10FNO. The quantitative estimate of drug-likeness (QED) is 0.732. The Kier molecular flexibility index (Phi) is 1.79. The maximum absolute atomic E-state index is 12.5. The van der Waals surface area contributed by atoms with Gasteiger partial charge in [0.05, 0.1) is 0 Å². The maximum atomic E-state index is 12.5. The van der Waals surface area contributed by atoms with E-state index in [0.29, 0.717) is 0 Å². The molecule has 0 spiro atoms. The third kappa shape index (κ3) is 1.54. The molecule has 3 heteroatoms. The number of rotatable bonds is 2. The summed E-state index contributed by atoms with van der Waals surface area (Å²) in [5.74, 6) is -0.321. The van der Waals surface area contributed by atoms with Gasteiger partial charge in [-0.1, -0.05) is 12.1 Å². The number of carbonyl (C=O) groups is 1. The van der Waals surface area contributed by atoms with Gasteiger partial charge in [-0.25, -0.2) is 4.39 Å². The van der Waals surface area contributed by atoms with E-state index in [4.69, 9.17) is 5.73 Å². The SMILES string of the molecule is NC(=O)[C@@H]1C[C@@H]1c1ccc(F)cc1. The minimum atomic E-state index is -0.255. The molecule has 0 bridgehead atoms. The summed E-state index contributed by atoms with van der Waals surface area (Å²) in [5.41, 5.74) is 6.15. The number of benzene rings is 1. The molecule has 0 heterocycles. The smallest absolute Gasteiger partial charge is 0.221 e. The highest BCUT2D eigenvalue weighted by molar-refractivity contribution is 5.81. The van der Waals surface area contributed by atoms with Crippen LogP contribution >= 0.6 is 0 Å². The summed E-state index contributed by atoms with van der Waals surface area (Å²) < 4.78 is 12.5. The summed E-state index contributed by atoms with van der Waals surface area (Å²) in [6.45, 7) is 0. The van der Waals surface area contributed by atoms with Crippen molar-refractivity contribution in [1.29, 1.82) is 0 Å². The number of amides is 1. The van der Waals surface area contributed by atoms with Gasteiger partial charge >= 0.3 is 0 Å². The molecule has 1 aromatic rings. The van der Waals surface area contributed by atoms with Crippen LogP contribution in [0.3, 0.4) is 0 Å². The predicted molar refractivity (Wildman–Crippen MR) is 46.4 cm³/mol. The molecule has 0 saturated heterocycles. The van der Waals surface area contributed by atoms with Gasteiger partial charge in [-0.05, 0) is 30.0 Å².